The van der Waals surface area contributed by atoms with Crippen LogP contribution in [0.2, 0.25) is 0 Å². The number of hydrogen-bond donors (Lipinski definition) is 5. The fourth-order valence-electron chi connectivity index (χ4n) is 0.829. The van der Waals surface area contributed by atoms with E-state index in [0.29, 0.717) is 5.82 Å². The van der Waals surface area contributed by atoms with Crippen molar-refractivity contribution in [1.82, 2.24) is 9.97 Å². The van der Waals surface area contributed by atoms with Gasteiger partial charge in [-0.05, 0) is 0 Å². The number of nitrogen functional groups attached to an aromatic ring is 2. The Kier molecular flexibility index (Phi) is 3.43. The van der Waals surface area contributed by atoms with Crippen molar-refractivity contribution in [1.29, 1.82) is 0 Å². The van der Waals surface area contributed by atoms with Crippen LogP contribution in [0.5, 0.6) is 0 Å². The highest BCUT2D eigenvalue weighted by molar-refractivity contribution is 5.72. The zero-order valence-corrected chi connectivity index (χ0v) is 7.51. The van der Waals surface area contributed by atoms with E-state index in [9.17, 15) is 0 Å². The summed E-state index contributed by atoms with van der Waals surface area (Å²) in [5.74, 6) is 0.533. The van der Waals surface area contributed by atoms with Crippen LogP contribution in [0.25, 0.3) is 0 Å². The minimum atomic E-state index is -0.856. The van der Waals surface area contributed by atoms with Gasteiger partial charge in [-0.2, -0.15) is 0 Å². The Bertz CT molecular complexity index is 306. The maximum Gasteiger partial charge on any atom is 0.154 e. The molecule has 0 unspecified atom stereocenters. The second-order valence-corrected chi connectivity index (χ2v) is 2.74. The van der Waals surface area contributed by atoms with Gasteiger partial charge in [-0.3, -0.25) is 0 Å². The molecule has 0 amide bonds. The average Bonchev–Trinajstić information content (AvgIpc) is 2.20. The molecular formula is C7H13N5O2. The van der Waals surface area contributed by atoms with Crippen LogP contribution in [0.1, 0.15) is 0 Å². The van der Waals surface area contributed by atoms with Crippen LogP contribution in [-0.2, 0) is 0 Å². The monoisotopic (exact) mass is 199 g/mol. The van der Waals surface area contributed by atoms with Crippen LogP contribution in [0, 0.1) is 0 Å². The third kappa shape index (κ3) is 2.44. The molecule has 0 saturated heterocycles. The fraction of sp³-hybridized carbons (Fsp3) is 0.429. The zero-order valence-electron chi connectivity index (χ0n) is 7.51. The number of rotatable bonds is 4. The first-order valence-corrected chi connectivity index (χ1v) is 4.04. The molecule has 14 heavy (non-hydrogen) atoms. The van der Waals surface area contributed by atoms with Crippen LogP contribution in [0.4, 0.5) is 17.3 Å². The molecule has 0 aromatic carbocycles. The summed E-state index contributed by atoms with van der Waals surface area (Å²) in [6.07, 6.45) is 0.407. The van der Waals surface area contributed by atoms with Crippen LogP contribution >= 0.6 is 0 Å². The van der Waals surface area contributed by atoms with Gasteiger partial charge in [0.2, 0.25) is 0 Å². The van der Waals surface area contributed by atoms with Crippen molar-refractivity contribution in [3.63, 3.8) is 0 Å². The van der Waals surface area contributed by atoms with Gasteiger partial charge in [0, 0.05) is 6.54 Å². The fourth-order valence-corrected chi connectivity index (χ4v) is 0.829. The number of hydrogen-bond acceptors (Lipinski definition) is 7. The van der Waals surface area contributed by atoms with Crippen molar-refractivity contribution in [2.45, 2.75) is 6.10 Å². The summed E-state index contributed by atoms with van der Waals surface area (Å²) in [4.78, 5) is 7.50. The molecule has 0 spiro atoms. The molecule has 1 aromatic heterocycles. The van der Waals surface area contributed by atoms with E-state index in [0.717, 1.165) is 0 Å². The van der Waals surface area contributed by atoms with Crippen molar-refractivity contribution in [2.24, 2.45) is 0 Å². The highest BCUT2D eigenvalue weighted by atomic mass is 16.3. The smallest absolute Gasteiger partial charge is 0.154 e. The van der Waals surface area contributed by atoms with Gasteiger partial charge in [0.1, 0.15) is 12.0 Å². The summed E-state index contributed by atoms with van der Waals surface area (Å²) >= 11 is 0. The first-order valence-electron chi connectivity index (χ1n) is 4.04. The molecule has 7 nitrogen and oxygen atoms in total. The SMILES string of the molecule is Nc1ncnc(NC[C@H](O)CO)c1N. The number of nitrogens with zero attached hydrogens (tertiary/aromatic N) is 2. The van der Waals surface area contributed by atoms with Gasteiger partial charge in [-0.25, -0.2) is 9.97 Å². The summed E-state index contributed by atoms with van der Waals surface area (Å²) in [6, 6.07) is 0. The Morgan fingerprint density at radius 2 is 2.14 bits per heavy atom. The van der Waals surface area contributed by atoms with E-state index in [1.54, 1.807) is 0 Å². The molecule has 78 valence electrons. The van der Waals surface area contributed by atoms with Crippen molar-refractivity contribution in [2.75, 3.05) is 29.9 Å². The highest BCUT2D eigenvalue weighted by Gasteiger charge is 2.06. The Hall–Kier alpha value is -1.60. The lowest BCUT2D eigenvalue weighted by molar-refractivity contribution is 0.105. The van der Waals surface area contributed by atoms with Crippen molar-refractivity contribution < 1.29 is 10.2 Å². The normalized spacial score (nSPS) is 12.4. The van der Waals surface area contributed by atoms with Gasteiger partial charge in [0.05, 0.1) is 12.7 Å². The standard InChI is InChI=1S/C7H13N5O2/c8-5-6(9)11-3-12-7(5)10-1-4(14)2-13/h3-4,13-14H,1-2,8H2,(H3,9,10,11,12)/t4-/m0/s1. The molecule has 0 aliphatic rings. The average molecular weight is 199 g/mol. The molecule has 0 aliphatic carbocycles. The van der Waals surface area contributed by atoms with Gasteiger partial charge in [-0.1, -0.05) is 0 Å². The van der Waals surface area contributed by atoms with E-state index in [1.165, 1.54) is 6.33 Å². The summed E-state index contributed by atoms with van der Waals surface area (Å²) in [6.45, 7) is -0.176. The summed E-state index contributed by atoms with van der Waals surface area (Å²) in [5, 5.41) is 20.3. The predicted octanol–water partition coefficient (Wildman–Crippen LogP) is -1.59. The molecule has 0 saturated carbocycles. The number of anilines is 3. The summed E-state index contributed by atoms with van der Waals surface area (Å²) in [7, 11) is 0. The maximum atomic E-state index is 9.05. The van der Waals surface area contributed by atoms with Gasteiger partial charge in [0.15, 0.2) is 11.6 Å². The second kappa shape index (κ2) is 4.58. The molecule has 7 heteroatoms. The minimum Gasteiger partial charge on any atom is -0.394 e. The first-order chi connectivity index (χ1) is 6.65. The Balaban J connectivity index is 2.63. The number of aliphatic hydroxyl groups excluding tert-OH is 2. The van der Waals surface area contributed by atoms with Crippen molar-refractivity contribution >= 4 is 17.3 Å². The molecule has 7 N–H and O–H groups in total. The van der Waals surface area contributed by atoms with Gasteiger partial charge in [-0.15, -0.1) is 0 Å². The second-order valence-electron chi connectivity index (χ2n) is 2.74. The van der Waals surface area contributed by atoms with Gasteiger partial charge >= 0.3 is 0 Å². The third-order valence-corrected chi connectivity index (χ3v) is 1.63. The number of nitrogens with two attached hydrogens (primary N) is 2. The summed E-state index contributed by atoms with van der Waals surface area (Å²) in [5.41, 5.74) is 11.2. The topological polar surface area (TPSA) is 130 Å². The molecule has 0 bridgehead atoms. The Morgan fingerprint density at radius 3 is 2.79 bits per heavy atom. The van der Waals surface area contributed by atoms with E-state index >= 15 is 0 Å². The van der Waals surface area contributed by atoms with Crippen molar-refractivity contribution in [3.05, 3.63) is 6.33 Å². The first kappa shape index (κ1) is 10.5. The van der Waals surface area contributed by atoms with E-state index in [1.807, 2.05) is 0 Å². The third-order valence-electron chi connectivity index (χ3n) is 1.63. The van der Waals surface area contributed by atoms with Gasteiger partial charge < -0.3 is 27.0 Å². The molecule has 1 rings (SSSR count). The highest BCUT2D eigenvalue weighted by Crippen LogP contribution is 2.18. The lowest BCUT2D eigenvalue weighted by Crippen LogP contribution is -2.24. The Morgan fingerprint density at radius 1 is 1.43 bits per heavy atom. The quantitative estimate of drug-likeness (QED) is 0.395. The van der Waals surface area contributed by atoms with Crippen LogP contribution < -0.4 is 16.8 Å². The van der Waals surface area contributed by atoms with Crippen molar-refractivity contribution in [3.8, 4) is 0 Å². The lowest BCUT2D eigenvalue weighted by atomic mass is 10.3. The largest absolute Gasteiger partial charge is 0.394 e. The molecular weight excluding hydrogens is 186 g/mol. The zero-order chi connectivity index (χ0) is 10.6. The summed E-state index contributed by atoms with van der Waals surface area (Å²) < 4.78 is 0. The minimum absolute atomic E-state index is 0.150. The van der Waals surface area contributed by atoms with E-state index in [4.69, 9.17) is 21.7 Å². The van der Waals surface area contributed by atoms with E-state index in [2.05, 4.69) is 15.3 Å². The van der Waals surface area contributed by atoms with E-state index < -0.39 is 6.10 Å². The van der Waals surface area contributed by atoms with Crippen LogP contribution in [-0.4, -0.2) is 39.4 Å². The molecule has 0 radical (unpaired) electrons. The number of nitrogens with one attached hydrogen (secondary N) is 1. The molecule has 1 heterocycles. The molecule has 1 aromatic rings. The van der Waals surface area contributed by atoms with Crippen LogP contribution in [0.15, 0.2) is 6.33 Å². The molecule has 1 atom stereocenters. The van der Waals surface area contributed by atoms with E-state index in [-0.39, 0.29) is 24.7 Å². The van der Waals surface area contributed by atoms with Gasteiger partial charge in [0.25, 0.3) is 0 Å². The maximum absolute atomic E-state index is 9.05. The van der Waals surface area contributed by atoms with Crippen LogP contribution in [0.3, 0.4) is 0 Å². The Labute approximate surface area is 80.8 Å². The molecule has 0 aliphatic heterocycles. The molecule has 0 fully saturated rings. The predicted molar refractivity (Wildman–Crippen MR) is 52.4 cm³/mol. The lowest BCUT2D eigenvalue weighted by Gasteiger charge is -2.11. The number of aromatic nitrogens is 2. The number of aliphatic hydroxyl groups is 2.